The van der Waals surface area contributed by atoms with E-state index in [1.165, 1.54) is 12.1 Å². The molecule has 0 radical (unpaired) electrons. The summed E-state index contributed by atoms with van der Waals surface area (Å²) in [4.78, 5) is 17.8. The lowest BCUT2D eigenvalue weighted by Gasteiger charge is -2.33. The first kappa shape index (κ1) is 25.7. The Morgan fingerprint density at radius 2 is 2.03 bits per heavy atom. The second-order valence-corrected chi connectivity index (χ2v) is 7.95. The Morgan fingerprint density at radius 3 is 2.59 bits per heavy atom. The molecule has 0 aliphatic carbocycles. The molecule has 0 unspecified atom stereocenters. The molecule has 1 aromatic carbocycles. The largest absolute Gasteiger partial charge is 0.450 e. The first-order valence-electron chi connectivity index (χ1n) is 9.61. The molecule has 0 saturated carbocycles. The first-order valence-corrected chi connectivity index (χ1v) is 9.99. The quantitative estimate of drug-likeness (QED) is 0.334. The number of nitrogens with one attached hydrogen (secondary N) is 2. The molecule has 1 aromatic rings. The smallest absolute Gasteiger partial charge is 0.409 e. The number of benzene rings is 1. The Morgan fingerprint density at radius 1 is 1.38 bits per heavy atom. The van der Waals surface area contributed by atoms with Gasteiger partial charge < -0.3 is 20.3 Å². The lowest BCUT2D eigenvalue weighted by Crippen LogP contribution is -2.51. The summed E-state index contributed by atoms with van der Waals surface area (Å²) in [5.74, 6) is 0.352. The maximum atomic E-state index is 13.3. The van der Waals surface area contributed by atoms with E-state index < -0.39 is 0 Å². The summed E-state index contributed by atoms with van der Waals surface area (Å²) in [6.07, 6.45) is 1.40. The molecule has 0 aromatic heterocycles. The van der Waals surface area contributed by atoms with Crippen LogP contribution in [0, 0.1) is 5.82 Å². The highest BCUT2D eigenvalue weighted by molar-refractivity contribution is 14.0. The zero-order valence-corrected chi connectivity index (χ0v) is 20.5. The number of likely N-dealkylation sites (tertiary alicyclic amines) is 1. The van der Waals surface area contributed by atoms with Crippen LogP contribution in [0.15, 0.2) is 23.2 Å². The van der Waals surface area contributed by atoms with E-state index in [4.69, 9.17) is 16.3 Å². The van der Waals surface area contributed by atoms with Crippen molar-refractivity contribution in [2.45, 2.75) is 45.1 Å². The number of guanidine groups is 1. The van der Waals surface area contributed by atoms with Crippen LogP contribution in [0.4, 0.5) is 9.18 Å². The van der Waals surface area contributed by atoms with Gasteiger partial charge in [0.1, 0.15) is 5.82 Å². The van der Waals surface area contributed by atoms with Gasteiger partial charge in [-0.25, -0.2) is 9.18 Å². The molecule has 0 atom stereocenters. The van der Waals surface area contributed by atoms with Crippen molar-refractivity contribution < 1.29 is 13.9 Å². The molecule has 1 fully saturated rings. The molecule has 0 spiro atoms. The normalized spacial score (nSPS) is 15.5. The van der Waals surface area contributed by atoms with E-state index in [-0.39, 0.29) is 47.3 Å². The van der Waals surface area contributed by atoms with Crippen molar-refractivity contribution in [3.8, 4) is 0 Å². The highest BCUT2D eigenvalue weighted by Gasteiger charge is 2.26. The van der Waals surface area contributed by atoms with Gasteiger partial charge in [-0.15, -0.1) is 24.0 Å². The topological polar surface area (TPSA) is 66.0 Å². The fourth-order valence-electron chi connectivity index (χ4n) is 3.25. The fraction of sp³-hybridized carbons (Fsp3) is 0.600. The number of hydrogen-bond donors (Lipinski definition) is 2. The summed E-state index contributed by atoms with van der Waals surface area (Å²) in [6.45, 7) is 8.19. The van der Waals surface area contributed by atoms with E-state index in [0.29, 0.717) is 37.2 Å². The summed E-state index contributed by atoms with van der Waals surface area (Å²) in [7, 11) is 1.72. The third-order valence-electron chi connectivity index (χ3n) is 4.94. The van der Waals surface area contributed by atoms with Crippen LogP contribution in [0.25, 0.3) is 0 Å². The van der Waals surface area contributed by atoms with Crippen molar-refractivity contribution in [1.82, 2.24) is 15.5 Å². The van der Waals surface area contributed by atoms with Crippen LogP contribution in [0.3, 0.4) is 0 Å². The van der Waals surface area contributed by atoms with Gasteiger partial charge in [0.05, 0.1) is 6.61 Å². The minimum absolute atomic E-state index is 0. The van der Waals surface area contributed by atoms with Crippen LogP contribution in [0.1, 0.15) is 39.2 Å². The average molecular weight is 541 g/mol. The van der Waals surface area contributed by atoms with Gasteiger partial charge in [-0.3, -0.25) is 4.99 Å². The predicted octanol–water partition coefficient (Wildman–Crippen LogP) is 4.16. The zero-order chi connectivity index (χ0) is 20.7. The number of nitrogens with zero attached hydrogens (tertiary/aromatic N) is 2. The average Bonchev–Trinajstić information content (AvgIpc) is 2.65. The van der Waals surface area contributed by atoms with E-state index in [0.717, 1.165) is 18.4 Å². The van der Waals surface area contributed by atoms with E-state index >= 15 is 0 Å². The summed E-state index contributed by atoms with van der Waals surface area (Å²) in [5.41, 5.74) is 0.566. The van der Waals surface area contributed by atoms with E-state index in [1.807, 2.05) is 20.8 Å². The number of ether oxygens (including phenoxy) is 1. The molecule has 164 valence electrons. The minimum atomic E-state index is -0.343. The molecule has 1 amide bonds. The van der Waals surface area contributed by atoms with Crippen molar-refractivity contribution >= 4 is 47.6 Å². The molecule has 0 bridgehead atoms. The molecule has 1 heterocycles. The Balaban J connectivity index is 0.00000420. The third kappa shape index (κ3) is 7.47. The van der Waals surface area contributed by atoms with Crippen molar-refractivity contribution in [3.63, 3.8) is 0 Å². The van der Waals surface area contributed by atoms with Gasteiger partial charge >= 0.3 is 6.09 Å². The highest BCUT2D eigenvalue weighted by atomic mass is 127. The van der Waals surface area contributed by atoms with Gasteiger partial charge in [-0.1, -0.05) is 31.5 Å². The van der Waals surface area contributed by atoms with Crippen LogP contribution in [-0.2, 0) is 10.2 Å². The molecule has 1 aliphatic heterocycles. The maximum Gasteiger partial charge on any atom is 0.409 e. The van der Waals surface area contributed by atoms with Gasteiger partial charge in [-0.05, 0) is 37.5 Å². The molecule has 1 aliphatic rings. The summed E-state index contributed by atoms with van der Waals surface area (Å²) in [6, 6.07) is 4.71. The molecule has 2 rings (SSSR count). The summed E-state index contributed by atoms with van der Waals surface area (Å²) >= 11 is 6.22. The Kier molecular flexibility index (Phi) is 10.5. The van der Waals surface area contributed by atoms with Gasteiger partial charge in [0, 0.05) is 43.2 Å². The predicted molar refractivity (Wildman–Crippen MR) is 126 cm³/mol. The Labute approximate surface area is 194 Å². The van der Waals surface area contributed by atoms with Crippen LogP contribution < -0.4 is 10.6 Å². The van der Waals surface area contributed by atoms with Crippen LogP contribution >= 0.6 is 35.6 Å². The fourth-order valence-corrected chi connectivity index (χ4v) is 3.67. The van der Waals surface area contributed by atoms with Gasteiger partial charge in [0.25, 0.3) is 0 Å². The highest BCUT2D eigenvalue weighted by Crippen LogP contribution is 2.29. The van der Waals surface area contributed by atoms with E-state index in [9.17, 15) is 9.18 Å². The lowest BCUT2D eigenvalue weighted by atomic mass is 9.84. The first-order chi connectivity index (χ1) is 13.3. The molecule has 29 heavy (non-hydrogen) atoms. The molecule has 6 nitrogen and oxygen atoms in total. The van der Waals surface area contributed by atoms with E-state index in [2.05, 4.69) is 15.6 Å². The standard InChI is InChI=1S/C20H30ClFN4O2.HI/c1-5-28-19(27)26-10-8-15(9-11-26)25-18(23-4)24-13-20(2,3)16-7-6-14(22)12-17(16)21;/h6-7,12,15H,5,8-11,13H2,1-4H3,(H2,23,24,25);1H. The number of aliphatic imine (C=N–C) groups is 1. The minimum Gasteiger partial charge on any atom is -0.450 e. The number of piperidine rings is 1. The number of carbonyl (C=O) groups excluding carboxylic acids is 1. The molecular weight excluding hydrogens is 510 g/mol. The number of halogens is 3. The van der Waals surface area contributed by atoms with Crippen molar-refractivity contribution in [1.29, 1.82) is 0 Å². The Hall–Kier alpha value is -1.29. The molecule has 9 heteroatoms. The number of rotatable bonds is 5. The van der Waals surface area contributed by atoms with Crippen molar-refractivity contribution in [2.75, 3.05) is 33.3 Å². The molecular formula is C20H31ClFIN4O2. The van der Waals surface area contributed by atoms with Crippen LogP contribution in [-0.4, -0.2) is 56.3 Å². The van der Waals surface area contributed by atoms with Gasteiger partial charge in [-0.2, -0.15) is 0 Å². The molecule has 2 N–H and O–H groups in total. The van der Waals surface area contributed by atoms with Crippen molar-refractivity contribution in [3.05, 3.63) is 34.6 Å². The Bertz CT molecular complexity index is 710. The second-order valence-electron chi connectivity index (χ2n) is 7.54. The lowest BCUT2D eigenvalue weighted by molar-refractivity contribution is 0.0963. The number of hydrogen-bond acceptors (Lipinski definition) is 3. The SMILES string of the molecule is CCOC(=O)N1CCC(NC(=NC)NCC(C)(C)c2ccc(F)cc2Cl)CC1.I. The maximum absolute atomic E-state index is 13.3. The zero-order valence-electron chi connectivity index (χ0n) is 17.4. The van der Waals surface area contributed by atoms with Gasteiger partial charge in [0.2, 0.25) is 0 Å². The van der Waals surface area contributed by atoms with Crippen LogP contribution in [0.2, 0.25) is 5.02 Å². The third-order valence-corrected chi connectivity index (χ3v) is 5.26. The van der Waals surface area contributed by atoms with Crippen molar-refractivity contribution in [2.24, 2.45) is 4.99 Å². The monoisotopic (exact) mass is 540 g/mol. The van der Waals surface area contributed by atoms with Gasteiger partial charge in [0.15, 0.2) is 5.96 Å². The number of amides is 1. The summed E-state index contributed by atoms with van der Waals surface area (Å²) in [5, 5.41) is 7.16. The van der Waals surface area contributed by atoms with Crippen LogP contribution in [0.5, 0.6) is 0 Å². The summed E-state index contributed by atoms with van der Waals surface area (Å²) < 4.78 is 18.4. The molecule has 1 saturated heterocycles. The second kappa shape index (κ2) is 11.8. The number of carbonyl (C=O) groups is 1. The van der Waals surface area contributed by atoms with E-state index in [1.54, 1.807) is 18.0 Å².